The van der Waals surface area contributed by atoms with Gasteiger partial charge in [-0.05, 0) is 36.5 Å². The van der Waals surface area contributed by atoms with E-state index in [4.69, 9.17) is 0 Å². The Balaban J connectivity index is 2.01. The van der Waals surface area contributed by atoms with E-state index in [-0.39, 0.29) is 0 Å². The Hall–Kier alpha value is -2.09. The molecule has 0 bridgehead atoms. The molecule has 96 valence electrons. The van der Waals surface area contributed by atoms with Gasteiger partial charge in [0.15, 0.2) is 0 Å². The minimum Gasteiger partial charge on any atom is -0.481 e. The van der Waals surface area contributed by atoms with Crippen molar-refractivity contribution in [1.29, 1.82) is 0 Å². The maximum Gasteiger partial charge on any atom is 0.314 e. The zero-order chi connectivity index (χ0) is 13.5. The van der Waals surface area contributed by atoms with Gasteiger partial charge in [0.25, 0.3) is 0 Å². The van der Waals surface area contributed by atoms with Crippen molar-refractivity contribution in [3.63, 3.8) is 0 Å². The van der Waals surface area contributed by atoms with Gasteiger partial charge in [-0.1, -0.05) is 54.1 Å². The minimum absolute atomic E-state index is 0.624. The van der Waals surface area contributed by atoms with Crippen LogP contribution in [0.4, 0.5) is 0 Å². The van der Waals surface area contributed by atoms with E-state index in [1.54, 1.807) is 0 Å². The Morgan fingerprint density at radius 2 is 1.74 bits per heavy atom. The summed E-state index contributed by atoms with van der Waals surface area (Å²) in [6.45, 7) is 2.06. The summed E-state index contributed by atoms with van der Waals surface area (Å²) in [5.41, 5.74) is 3.75. The largest absolute Gasteiger partial charge is 0.481 e. The van der Waals surface area contributed by atoms with Crippen LogP contribution in [0, 0.1) is 6.92 Å². The lowest BCUT2D eigenvalue weighted by Crippen LogP contribution is -2.19. The van der Waals surface area contributed by atoms with Gasteiger partial charge >= 0.3 is 5.97 Å². The summed E-state index contributed by atoms with van der Waals surface area (Å²) in [5.74, 6) is -0.700. The first-order valence-corrected chi connectivity index (χ1v) is 6.53. The highest BCUT2D eigenvalue weighted by Gasteiger charge is 2.51. The topological polar surface area (TPSA) is 37.3 Å². The van der Waals surface area contributed by atoms with Crippen molar-refractivity contribution in [2.24, 2.45) is 0 Å². The van der Waals surface area contributed by atoms with Crippen molar-refractivity contribution >= 4 is 5.97 Å². The van der Waals surface area contributed by atoms with E-state index in [9.17, 15) is 9.90 Å². The smallest absolute Gasteiger partial charge is 0.314 e. The molecule has 2 aromatic rings. The standard InChI is InChI=1S/C17H16O2/c1-12-5-7-13(8-6-12)14-3-2-4-15(11-14)17(9-10-17)16(18)19/h2-8,11H,9-10H2,1H3,(H,18,19). The van der Waals surface area contributed by atoms with Gasteiger partial charge in [-0.25, -0.2) is 0 Å². The molecule has 0 spiro atoms. The Morgan fingerprint density at radius 1 is 1.05 bits per heavy atom. The van der Waals surface area contributed by atoms with Gasteiger partial charge in [0, 0.05) is 0 Å². The fourth-order valence-corrected chi connectivity index (χ4v) is 2.49. The molecule has 0 heterocycles. The fourth-order valence-electron chi connectivity index (χ4n) is 2.49. The van der Waals surface area contributed by atoms with Crippen LogP contribution in [-0.4, -0.2) is 11.1 Å². The third kappa shape index (κ3) is 2.03. The van der Waals surface area contributed by atoms with Crippen molar-refractivity contribution < 1.29 is 9.90 Å². The van der Waals surface area contributed by atoms with Crippen LogP contribution < -0.4 is 0 Å². The van der Waals surface area contributed by atoms with E-state index < -0.39 is 11.4 Å². The number of benzene rings is 2. The number of aryl methyl sites for hydroxylation is 1. The molecule has 2 nitrogen and oxygen atoms in total. The van der Waals surface area contributed by atoms with E-state index in [1.165, 1.54) is 5.56 Å². The summed E-state index contributed by atoms with van der Waals surface area (Å²) in [6, 6.07) is 16.2. The number of carboxylic acid groups (broad SMARTS) is 1. The summed E-state index contributed by atoms with van der Waals surface area (Å²) >= 11 is 0. The quantitative estimate of drug-likeness (QED) is 0.902. The summed E-state index contributed by atoms with van der Waals surface area (Å²) < 4.78 is 0. The van der Waals surface area contributed by atoms with Crippen LogP contribution in [0.25, 0.3) is 11.1 Å². The Kier molecular flexibility index (Phi) is 2.67. The Bertz CT molecular complexity index is 622. The maximum atomic E-state index is 11.4. The second-order valence-electron chi connectivity index (χ2n) is 5.33. The number of rotatable bonds is 3. The molecule has 0 aromatic heterocycles. The average molecular weight is 252 g/mol. The molecule has 0 aliphatic heterocycles. The van der Waals surface area contributed by atoms with Gasteiger partial charge in [-0.15, -0.1) is 0 Å². The number of aliphatic carboxylic acids is 1. The van der Waals surface area contributed by atoms with Gasteiger partial charge < -0.3 is 5.11 Å². The second kappa shape index (κ2) is 4.23. The van der Waals surface area contributed by atoms with Gasteiger partial charge in [-0.3, -0.25) is 4.79 Å². The van der Waals surface area contributed by atoms with Crippen molar-refractivity contribution in [3.8, 4) is 11.1 Å². The van der Waals surface area contributed by atoms with Gasteiger partial charge in [0.05, 0.1) is 5.41 Å². The number of hydrogen-bond donors (Lipinski definition) is 1. The molecule has 0 amide bonds. The van der Waals surface area contributed by atoms with Crippen LogP contribution in [-0.2, 0) is 10.2 Å². The van der Waals surface area contributed by atoms with Crippen molar-refractivity contribution in [3.05, 3.63) is 59.7 Å². The average Bonchev–Trinajstić information content (AvgIpc) is 3.21. The highest BCUT2D eigenvalue weighted by molar-refractivity contribution is 5.85. The van der Waals surface area contributed by atoms with Gasteiger partial charge in [-0.2, -0.15) is 0 Å². The monoisotopic (exact) mass is 252 g/mol. The molecule has 1 saturated carbocycles. The molecular formula is C17H16O2. The molecule has 0 saturated heterocycles. The predicted octanol–water partition coefficient (Wildman–Crippen LogP) is 3.78. The number of hydrogen-bond acceptors (Lipinski definition) is 1. The maximum absolute atomic E-state index is 11.4. The summed E-state index contributed by atoms with van der Waals surface area (Å²) in [7, 11) is 0. The zero-order valence-corrected chi connectivity index (χ0v) is 10.9. The molecular weight excluding hydrogens is 236 g/mol. The third-order valence-electron chi connectivity index (χ3n) is 3.96. The molecule has 0 unspecified atom stereocenters. The van der Waals surface area contributed by atoms with E-state index in [2.05, 4.69) is 31.2 Å². The lowest BCUT2D eigenvalue weighted by atomic mass is 9.92. The highest BCUT2D eigenvalue weighted by Crippen LogP contribution is 2.49. The molecule has 2 heteroatoms. The van der Waals surface area contributed by atoms with Crippen LogP contribution in [0.5, 0.6) is 0 Å². The fraction of sp³-hybridized carbons (Fsp3) is 0.235. The van der Waals surface area contributed by atoms with E-state index in [0.29, 0.717) is 0 Å². The number of carboxylic acids is 1. The van der Waals surface area contributed by atoms with E-state index in [0.717, 1.165) is 29.5 Å². The SMILES string of the molecule is Cc1ccc(-c2cccc(C3(C(=O)O)CC3)c2)cc1. The molecule has 0 radical (unpaired) electrons. The molecule has 1 N–H and O–H groups in total. The van der Waals surface area contributed by atoms with Crippen LogP contribution in [0.1, 0.15) is 24.0 Å². The minimum atomic E-state index is -0.700. The molecule has 1 aliphatic carbocycles. The third-order valence-corrected chi connectivity index (χ3v) is 3.96. The van der Waals surface area contributed by atoms with Crippen molar-refractivity contribution in [2.75, 3.05) is 0 Å². The van der Waals surface area contributed by atoms with Crippen LogP contribution in [0.3, 0.4) is 0 Å². The summed E-state index contributed by atoms with van der Waals surface area (Å²) in [6.07, 6.45) is 1.50. The van der Waals surface area contributed by atoms with Crippen LogP contribution >= 0.6 is 0 Å². The first-order valence-electron chi connectivity index (χ1n) is 6.53. The zero-order valence-electron chi connectivity index (χ0n) is 10.9. The van der Waals surface area contributed by atoms with Crippen LogP contribution in [0.15, 0.2) is 48.5 Å². The first-order chi connectivity index (χ1) is 9.12. The number of carbonyl (C=O) groups is 1. The van der Waals surface area contributed by atoms with E-state index in [1.807, 2.05) is 24.3 Å². The van der Waals surface area contributed by atoms with Crippen molar-refractivity contribution in [1.82, 2.24) is 0 Å². The van der Waals surface area contributed by atoms with Crippen LogP contribution in [0.2, 0.25) is 0 Å². The van der Waals surface area contributed by atoms with Gasteiger partial charge in [0.1, 0.15) is 0 Å². The predicted molar refractivity (Wildman–Crippen MR) is 75.2 cm³/mol. The normalized spacial score (nSPS) is 16.1. The lowest BCUT2D eigenvalue weighted by Gasteiger charge is -2.12. The lowest BCUT2D eigenvalue weighted by molar-refractivity contribution is -0.140. The molecule has 1 aliphatic rings. The Morgan fingerprint density at radius 3 is 2.32 bits per heavy atom. The summed E-state index contributed by atoms with van der Waals surface area (Å²) in [4.78, 5) is 11.4. The highest BCUT2D eigenvalue weighted by atomic mass is 16.4. The first kappa shape index (κ1) is 12.0. The Labute approximate surface area is 112 Å². The summed E-state index contributed by atoms with van der Waals surface area (Å²) in [5, 5.41) is 9.36. The molecule has 1 fully saturated rings. The molecule has 3 rings (SSSR count). The second-order valence-corrected chi connectivity index (χ2v) is 5.33. The molecule has 2 aromatic carbocycles. The van der Waals surface area contributed by atoms with E-state index >= 15 is 0 Å². The van der Waals surface area contributed by atoms with Crippen molar-refractivity contribution in [2.45, 2.75) is 25.2 Å². The molecule has 0 atom stereocenters. The van der Waals surface area contributed by atoms with Gasteiger partial charge in [0.2, 0.25) is 0 Å². The molecule has 19 heavy (non-hydrogen) atoms.